The summed E-state index contributed by atoms with van der Waals surface area (Å²) in [6.07, 6.45) is 4.42. The molecule has 0 saturated heterocycles. The van der Waals surface area contributed by atoms with Crippen LogP contribution >= 0.6 is 15.9 Å². The largest absolute Gasteiger partial charge is 0.324 e. The van der Waals surface area contributed by atoms with Gasteiger partial charge in [0.25, 0.3) is 0 Å². The minimum absolute atomic E-state index is 0.183. The highest BCUT2D eigenvalue weighted by Crippen LogP contribution is 2.30. The fourth-order valence-corrected chi connectivity index (χ4v) is 2.45. The molecule has 74 valence electrons. The summed E-state index contributed by atoms with van der Waals surface area (Å²) >= 11 is 3.58. The summed E-state index contributed by atoms with van der Waals surface area (Å²) in [5.74, 6) is 0. The molecular weight excluding hydrogens is 238 g/mol. The highest BCUT2D eigenvalue weighted by molar-refractivity contribution is 9.10. The van der Waals surface area contributed by atoms with Crippen LogP contribution in [0.25, 0.3) is 6.08 Å². The number of hydrogen-bond donors (Lipinski definition) is 1. The fraction of sp³-hybridized carbons (Fsp3) is 0.333. The molecule has 1 aliphatic rings. The molecule has 2 heteroatoms. The van der Waals surface area contributed by atoms with E-state index in [1.807, 2.05) is 0 Å². The topological polar surface area (TPSA) is 26.0 Å². The summed E-state index contributed by atoms with van der Waals surface area (Å²) in [7, 11) is 0. The van der Waals surface area contributed by atoms with Gasteiger partial charge >= 0.3 is 0 Å². The van der Waals surface area contributed by atoms with Gasteiger partial charge in [0.1, 0.15) is 0 Å². The van der Waals surface area contributed by atoms with Crippen molar-refractivity contribution in [3.05, 3.63) is 39.4 Å². The van der Waals surface area contributed by atoms with E-state index in [-0.39, 0.29) is 6.04 Å². The molecule has 0 aromatic heterocycles. The molecule has 1 nitrogen and oxygen atoms in total. The van der Waals surface area contributed by atoms with Gasteiger partial charge in [0, 0.05) is 10.5 Å². The van der Waals surface area contributed by atoms with Crippen molar-refractivity contribution >= 4 is 22.0 Å². The van der Waals surface area contributed by atoms with Gasteiger partial charge in [0.2, 0.25) is 0 Å². The molecule has 0 spiro atoms. The first-order chi connectivity index (χ1) is 6.68. The zero-order valence-corrected chi connectivity index (χ0v) is 9.84. The SMILES string of the molecule is CC(N)C1=Cc2cccc(Br)c2CC1. The Morgan fingerprint density at radius 3 is 2.86 bits per heavy atom. The molecule has 14 heavy (non-hydrogen) atoms. The van der Waals surface area contributed by atoms with Crippen LogP contribution in [-0.4, -0.2) is 6.04 Å². The van der Waals surface area contributed by atoms with Gasteiger partial charge in [-0.05, 0) is 37.0 Å². The van der Waals surface area contributed by atoms with Crippen LogP contribution in [0.2, 0.25) is 0 Å². The van der Waals surface area contributed by atoms with E-state index in [0.29, 0.717) is 0 Å². The highest BCUT2D eigenvalue weighted by atomic mass is 79.9. The van der Waals surface area contributed by atoms with Gasteiger partial charge in [-0.25, -0.2) is 0 Å². The second-order valence-corrected chi connectivity index (χ2v) is 4.67. The smallest absolute Gasteiger partial charge is 0.0228 e. The van der Waals surface area contributed by atoms with Crippen molar-refractivity contribution in [2.75, 3.05) is 0 Å². The van der Waals surface area contributed by atoms with Crippen molar-refractivity contribution in [2.45, 2.75) is 25.8 Å². The lowest BCUT2D eigenvalue weighted by Gasteiger charge is -2.19. The lowest BCUT2D eigenvalue weighted by molar-refractivity contribution is 0.776. The van der Waals surface area contributed by atoms with E-state index in [2.05, 4.69) is 47.1 Å². The maximum absolute atomic E-state index is 5.88. The summed E-state index contributed by atoms with van der Waals surface area (Å²) in [5.41, 5.74) is 9.97. The molecule has 0 heterocycles. The van der Waals surface area contributed by atoms with E-state index in [1.165, 1.54) is 21.2 Å². The summed E-state index contributed by atoms with van der Waals surface area (Å²) in [5, 5.41) is 0. The molecular formula is C12H14BrN. The molecule has 1 aliphatic carbocycles. The Morgan fingerprint density at radius 2 is 2.14 bits per heavy atom. The van der Waals surface area contributed by atoms with Crippen molar-refractivity contribution in [3.8, 4) is 0 Å². The third-order valence-corrected chi connectivity index (χ3v) is 3.49. The summed E-state index contributed by atoms with van der Waals surface area (Å²) in [4.78, 5) is 0. The Morgan fingerprint density at radius 1 is 1.36 bits per heavy atom. The number of halogens is 1. The fourth-order valence-electron chi connectivity index (χ4n) is 1.87. The van der Waals surface area contributed by atoms with Crippen molar-refractivity contribution in [2.24, 2.45) is 5.73 Å². The van der Waals surface area contributed by atoms with E-state index < -0.39 is 0 Å². The lowest BCUT2D eigenvalue weighted by atomic mass is 9.89. The molecule has 0 bridgehead atoms. The standard InChI is InChI=1S/C12H14BrN/c1-8(14)9-5-6-11-10(7-9)3-2-4-12(11)13/h2-4,7-8H,5-6,14H2,1H3. The van der Waals surface area contributed by atoms with Crippen molar-refractivity contribution < 1.29 is 0 Å². The predicted octanol–water partition coefficient (Wildman–Crippen LogP) is 3.13. The molecule has 2 rings (SSSR count). The number of hydrogen-bond acceptors (Lipinski definition) is 1. The zero-order chi connectivity index (χ0) is 10.1. The van der Waals surface area contributed by atoms with E-state index >= 15 is 0 Å². The van der Waals surface area contributed by atoms with Crippen LogP contribution in [0.3, 0.4) is 0 Å². The molecule has 1 atom stereocenters. The maximum Gasteiger partial charge on any atom is 0.0228 e. The minimum Gasteiger partial charge on any atom is -0.324 e. The van der Waals surface area contributed by atoms with Gasteiger partial charge < -0.3 is 5.73 Å². The third-order valence-electron chi connectivity index (χ3n) is 2.74. The van der Waals surface area contributed by atoms with Crippen LogP contribution in [0.4, 0.5) is 0 Å². The quantitative estimate of drug-likeness (QED) is 0.816. The number of rotatable bonds is 1. The van der Waals surface area contributed by atoms with Crippen LogP contribution in [-0.2, 0) is 6.42 Å². The molecule has 1 aromatic carbocycles. The van der Waals surface area contributed by atoms with Crippen LogP contribution < -0.4 is 5.73 Å². The molecule has 1 aromatic rings. The Bertz CT molecular complexity index is 380. The summed E-state index contributed by atoms with van der Waals surface area (Å²) in [6, 6.07) is 6.51. The van der Waals surface area contributed by atoms with Gasteiger partial charge in [-0.15, -0.1) is 0 Å². The van der Waals surface area contributed by atoms with E-state index in [0.717, 1.165) is 12.8 Å². The van der Waals surface area contributed by atoms with Crippen molar-refractivity contribution in [1.82, 2.24) is 0 Å². The second kappa shape index (κ2) is 3.87. The molecule has 0 radical (unpaired) electrons. The minimum atomic E-state index is 0.183. The van der Waals surface area contributed by atoms with Gasteiger partial charge in [-0.2, -0.15) is 0 Å². The average Bonchev–Trinajstić information content (AvgIpc) is 2.17. The first-order valence-electron chi connectivity index (χ1n) is 4.92. The van der Waals surface area contributed by atoms with Crippen LogP contribution in [0.1, 0.15) is 24.5 Å². The number of nitrogens with two attached hydrogens (primary N) is 1. The van der Waals surface area contributed by atoms with E-state index in [4.69, 9.17) is 5.73 Å². The van der Waals surface area contributed by atoms with E-state index in [9.17, 15) is 0 Å². The first-order valence-corrected chi connectivity index (χ1v) is 5.71. The second-order valence-electron chi connectivity index (χ2n) is 3.82. The average molecular weight is 252 g/mol. The monoisotopic (exact) mass is 251 g/mol. The molecule has 0 fully saturated rings. The molecule has 1 unspecified atom stereocenters. The normalized spacial score (nSPS) is 17.2. The third kappa shape index (κ3) is 1.77. The van der Waals surface area contributed by atoms with Gasteiger partial charge in [-0.1, -0.05) is 39.7 Å². The van der Waals surface area contributed by atoms with Crippen molar-refractivity contribution in [1.29, 1.82) is 0 Å². The summed E-state index contributed by atoms with van der Waals surface area (Å²) < 4.78 is 1.22. The maximum atomic E-state index is 5.88. The highest BCUT2D eigenvalue weighted by Gasteiger charge is 2.14. The van der Waals surface area contributed by atoms with Gasteiger partial charge in [0.15, 0.2) is 0 Å². The predicted molar refractivity (Wildman–Crippen MR) is 64.1 cm³/mol. The van der Waals surface area contributed by atoms with Crippen molar-refractivity contribution in [3.63, 3.8) is 0 Å². The first kappa shape index (κ1) is 9.94. The molecule has 2 N–H and O–H groups in total. The molecule has 0 amide bonds. The Balaban J connectivity index is 2.45. The van der Waals surface area contributed by atoms with Gasteiger partial charge in [0.05, 0.1) is 0 Å². The summed E-state index contributed by atoms with van der Waals surface area (Å²) in [6.45, 7) is 2.05. The molecule has 0 aliphatic heterocycles. The van der Waals surface area contributed by atoms with Crippen LogP contribution in [0, 0.1) is 0 Å². The molecule has 0 saturated carbocycles. The number of fused-ring (bicyclic) bond motifs is 1. The lowest BCUT2D eigenvalue weighted by Crippen LogP contribution is -2.20. The Hall–Kier alpha value is -0.600. The Kier molecular flexibility index (Phi) is 2.75. The van der Waals surface area contributed by atoms with Crippen LogP contribution in [0.15, 0.2) is 28.2 Å². The Labute approximate surface area is 93.1 Å². The van der Waals surface area contributed by atoms with E-state index in [1.54, 1.807) is 0 Å². The number of benzene rings is 1. The van der Waals surface area contributed by atoms with Crippen LogP contribution in [0.5, 0.6) is 0 Å². The zero-order valence-electron chi connectivity index (χ0n) is 8.26. The van der Waals surface area contributed by atoms with Gasteiger partial charge in [-0.3, -0.25) is 0 Å².